The van der Waals surface area contributed by atoms with Crippen molar-refractivity contribution in [2.24, 2.45) is 11.1 Å². The summed E-state index contributed by atoms with van der Waals surface area (Å²) in [6, 6.07) is 12.3. The highest BCUT2D eigenvalue weighted by Gasteiger charge is 2.52. The number of carbonyl (C=O) groups excluding carboxylic acids is 5. The number of carbonyl (C=O) groups is 5. The Hall–Kier alpha value is -7.12. The number of nitrogens with two attached hydrogens (primary N) is 1. The number of anilines is 2. The fourth-order valence-electron chi connectivity index (χ4n) is 8.32. The van der Waals surface area contributed by atoms with E-state index in [2.05, 4.69) is 15.6 Å². The summed E-state index contributed by atoms with van der Waals surface area (Å²) in [4.78, 5) is 72.2. The molecule has 5 amide bonds. The summed E-state index contributed by atoms with van der Waals surface area (Å²) in [7, 11) is 0. The number of nitrogens with one attached hydrogen (secondary N) is 2. The maximum atomic E-state index is 15.7. The van der Waals surface area contributed by atoms with Crippen molar-refractivity contribution in [2.75, 3.05) is 36.2 Å². The summed E-state index contributed by atoms with van der Waals surface area (Å²) in [5.41, 5.74) is -0.0850. The lowest BCUT2D eigenvalue weighted by atomic mass is 9.85. The number of hydrogen-bond donors (Lipinski definition) is 3. The van der Waals surface area contributed by atoms with Gasteiger partial charge >= 0.3 is 6.18 Å². The molecule has 0 spiro atoms. The molecule has 2 saturated heterocycles. The number of unbranched alkanes of at least 4 members (excludes halogenated alkanes) is 2. The molecule has 382 valence electrons. The molecule has 2 aliphatic heterocycles. The third kappa shape index (κ3) is 12.0. The van der Waals surface area contributed by atoms with Crippen molar-refractivity contribution in [1.82, 2.24) is 20.5 Å². The molecule has 4 N–H and O–H groups in total. The third-order valence-corrected chi connectivity index (χ3v) is 12.5. The average molecular weight is 1020 g/mol. The molecule has 15 nitrogen and oxygen atoms in total. The lowest BCUT2D eigenvalue weighted by Crippen LogP contribution is -2.58. The highest BCUT2D eigenvalue weighted by atomic mass is 32.1. The van der Waals surface area contributed by atoms with Gasteiger partial charge in [0.25, 0.3) is 5.91 Å². The van der Waals surface area contributed by atoms with Crippen LogP contribution in [0, 0.1) is 34.2 Å². The number of nitriles is 1. The standard InChI is InChI=1S/C50H52F6N8O7S/c1-48(2,3)42(45(68)62-19-9-10-36(62)44(67)60-25-28-11-13-29(14-12-28)43(58)66)61-38(65)27-70-20-7-6-8-21-71-37-18-16-30(22-33(37)51)41-34(52)23-32(26-59-41)64-47(72)63(46(69)49(64,4)5)35-17-15-31(24-57)39(40(35)53)50(54,55)56/h11-18,22-23,26,36,42H,6-10,19-21,25,27H2,1-5H3,(H2,58,66)(H,60,67)(H,61,65)/t36-,42?/m0/s1. The minimum Gasteiger partial charge on any atom is -0.491 e. The molecule has 1 unspecified atom stereocenters. The van der Waals surface area contributed by atoms with Gasteiger partial charge < -0.3 is 35.6 Å². The number of likely N-dealkylation sites (tertiary alicyclic amines) is 1. The first kappa shape index (κ1) is 54.2. The van der Waals surface area contributed by atoms with E-state index in [-0.39, 0.29) is 60.9 Å². The number of hydrogen-bond acceptors (Lipinski definition) is 10. The van der Waals surface area contributed by atoms with E-state index in [0.717, 1.165) is 40.9 Å². The molecule has 0 bridgehead atoms. The maximum absolute atomic E-state index is 15.7. The number of halogens is 6. The van der Waals surface area contributed by atoms with Gasteiger partial charge in [0, 0.05) is 36.9 Å². The Morgan fingerprint density at radius 1 is 0.972 bits per heavy atom. The second-order valence-corrected chi connectivity index (χ2v) is 19.1. The van der Waals surface area contributed by atoms with E-state index in [1.807, 2.05) is 20.8 Å². The first-order valence-electron chi connectivity index (χ1n) is 22.8. The second kappa shape index (κ2) is 22.1. The fourth-order valence-corrected chi connectivity index (χ4v) is 8.84. The van der Waals surface area contributed by atoms with E-state index < -0.39 is 86.3 Å². The van der Waals surface area contributed by atoms with E-state index in [1.165, 1.54) is 36.9 Å². The Labute approximate surface area is 416 Å². The molecule has 0 saturated carbocycles. The van der Waals surface area contributed by atoms with Crippen LogP contribution in [0.1, 0.15) is 93.8 Å². The van der Waals surface area contributed by atoms with Crippen LogP contribution < -0.4 is 30.9 Å². The quantitative estimate of drug-likeness (QED) is 0.0507. The molecular formula is C50H52F6N8O7S. The number of thiocarbonyl (C=S) groups is 1. The van der Waals surface area contributed by atoms with E-state index in [4.69, 9.17) is 32.7 Å². The topological polar surface area (TPSA) is 200 Å². The van der Waals surface area contributed by atoms with Gasteiger partial charge in [-0.05, 0) is 112 Å². The maximum Gasteiger partial charge on any atom is 0.420 e. The van der Waals surface area contributed by atoms with Crippen LogP contribution in [0.25, 0.3) is 11.3 Å². The zero-order valence-corrected chi connectivity index (χ0v) is 40.7. The average Bonchev–Trinajstić information content (AvgIpc) is 3.87. The normalized spacial score (nSPS) is 16.1. The molecule has 6 rings (SSSR count). The van der Waals surface area contributed by atoms with E-state index >= 15 is 13.2 Å². The summed E-state index contributed by atoms with van der Waals surface area (Å²) in [5, 5.41) is 14.3. The number of nitrogens with zero attached hydrogens (tertiary/aromatic N) is 5. The summed E-state index contributed by atoms with van der Waals surface area (Å²) in [5.74, 6) is -6.53. The summed E-state index contributed by atoms with van der Waals surface area (Å²) in [6.45, 7) is 8.64. The van der Waals surface area contributed by atoms with Gasteiger partial charge in [0.05, 0.1) is 35.8 Å². The largest absolute Gasteiger partial charge is 0.491 e. The number of rotatable bonds is 18. The molecule has 2 atom stereocenters. The Bertz CT molecular complexity index is 2800. The number of benzene rings is 3. The van der Waals surface area contributed by atoms with Crippen LogP contribution in [0.2, 0.25) is 0 Å². The number of ether oxygens (including phenoxy) is 2. The minimum absolute atomic E-state index is 0.0231. The number of aromatic nitrogens is 1. The molecule has 4 aromatic rings. The zero-order chi connectivity index (χ0) is 52.9. The predicted octanol–water partition coefficient (Wildman–Crippen LogP) is 7.48. The summed E-state index contributed by atoms with van der Waals surface area (Å²) >= 11 is 5.42. The van der Waals surface area contributed by atoms with Gasteiger partial charge in [-0.1, -0.05) is 32.9 Å². The van der Waals surface area contributed by atoms with Gasteiger partial charge in [-0.25, -0.2) is 13.2 Å². The van der Waals surface area contributed by atoms with Crippen LogP contribution >= 0.6 is 12.2 Å². The van der Waals surface area contributed by atoms with Crippen molar-refractivity contribution in [3.05, 3.63) is 107 Å². The lowest BCUT2D eigenvalue weighted by Gasteiger charge is -2.35. The van der Waals surface area contributed by atoms with Crippen molar-refractivity contribution in [3.63, 3.8) is 0 Å². The Balaban J connectivity index is 0.954. The van der Waals surface area contributed by atoms with Crippen molar-refractivity contribution in [1.29, 1.82) is 5.26 Å². The molecule has 2 fully saturated rings. The molecule has 0 radical (unpaired) electrons. The van der Waals surface area contributed by atoms with Crippen LogP contribution in [0.15, 0.2) is 66.9 Å². The highest BCUT2D eigenvalue weighted by molar-refractivity contribution is 7.81. The molecule has 0 aliphatic carbocycles. The third-order valence-electron chi connectivity index (χ3n) is 12.1. The van der Waals surface area contributed by atoms with Gasteiger partial charge in [0.15, 0.2) is 28.3 Å². The highest BCUT2D eigenvalue weighted by Crippen LogP contribution is 2.42. The van der Waals surface area contributed by atoms with Crippen LogP contribution in [0.4, 0.5) is 37.7 Å². The van der Waals surface area contributed by atoms with Gasteiger partial charge in [-0.15, -0.1) is 0 Å². The number of pyridine rings is 1. The smallest absolute Gasteiger partial charge is 0.420 e. The predicted molar refractivity (Wildman–Crippen MR) is 255 cm³/mol. The van der Waals surface area contributed by atoms with Crippen molar-refractivity contribution < 1.29 is 59.8 Å². The SMILES string of the molecule is CC(C)(C)C(NC(=O)COCCCCCOc1ccc(-c2ncc(N3C(=S)N(c4ccc(C#N)c(C(F)(F)F)c4F)C(=O)C3(C)C)cc2F)cc1F)C(=O)N1CCC[C@H]1C(=O)NCc1ccc(C(N)=O)cc1. The van der Waals surface area contributed by atoms with Crippen molar-refractivity contribution >= 4 is 58.2 Å². The zero-order valence-electron chi connectivity index (χ0n) is 39.9. The molecule has 1 aromatic heterocycles. The Morgan fingerprint density at radius 2 is 1.67 bits per heavy atom. The molecule has 3 aromatic carbocycles. The lowest BCUT2D eigenvalue weighted by molar-refractivity contribution is -0.144. The molecular weight excluding hydrogens is 971 g/mol. The first-order valence-corrected chi connectivity index (χ1v) is 23.2. The molecule has 72 heavy (non-hydrogen) atoms. The molecule has 2 aliphatic rings. The minimum atomic E-state index is -5.28. The second-order valence-electron chi connectivity index (χ2n) is 18.7. The van der Waals surface area contributed by atoms with Gasteiger partial charge in [0.2, 0.25) is 23.6 Å². The summed E-state index contributed by atoms with van der Waals surface area (Å²) in [6.07, 6.45) is -1.50. The van der Waals surface area contributed by atoms with Gasteiger partial charge in [-0.3, -0.25) is 33.9 Å². The molecule has 3 heterocycles. The first-order chi connectivity index (χ1) is 33.9. The Kier molecular flexibility index (Phi) is 16.6. The van der Waals surface area contributed by atoms with Crippen LogP contribution in [0.3, 0.4) is 0 Å². The van der Waals surface area contributed by atoms with Crippen LogP contribution in [-0.4, -0.2) is 88.5 Å². The van der Waals surface area contributed by atoms with Crippen molar-refractivity contribution in [2.45, 2.75) is 97.1 Å². The monoisotopic (exact) mass is 1020 g/mol. The molecule has 22 heteroatoms. The van der Waals surface area contributed by atoms with Crippen LogP contribution in [-0.2, 0) is 36.6 Å². The summed E-state index contributed by atoms with van der Waals surface area (Å²) < 4.78 is 98.8. The van der Waals surface area contributed by atoms with E-state index in [0.29, 0.717) is 49.1 Å². The number of alkyl halides is 3. The Morgan fingerprint density at radius 3 is 2.29 bits per heavy atom. The van der Waals surface area contributed by atoms with E-state index in [9.17, 15) is 37.1 Å². The van der Waals surface area contributed by atoms with Crippen LogP contribution in [0.5, 0.6) is 5.75 Å². The fraction of sp³-hybridized carbons (Fsp3) is 0.400. The number of primary amides is 1. The van der Waals surface area contributed by atoms with Crippen molar-refractivity contribution in [3.8, 4) is 23.1 Å². The van der Waals surface area contributed by atoms with Gasteiger partial charge in [-0.2, -0.15) is 18.4 Å². The number of amides is 5. The van der Waals surface area contributed by atoms with Gasteiger partial charge in [0.1, 0.15) is 35.5 Å². The van der Waals surface area contributed by atoms with E-state index in [1.54, 1.807) is 24.3 Å².